The molecule has 114 valence electrons. The summed E-state index contributed by atoms with van der Waals surface area (Å²) in [6.07, 6.45) is 2.90. The number of para-hydroxylation sites is 1. The second-order valence-electron chi connectivity index (χ2n) is 5.29. The SMILES string of the molecule is CCOC(=O)C1CCCCN1c1c(C)cccc1C(N)=S. The Labute approximate surface area is 131 Å². The summed E-state index contributed by atoms with van der Waals surface area (Å²) in [5.74, 6) is -0.158. The number of piperidine rings is 1. The van der Waals surface area contributed by atoms with E-state index in [-0.39, 0.29) is 12.0 Å². The fourth-order valence-corrected chi connectivity index (χ4v) is 3.09. The fourth-order valence-electron chi connectivity index (χ4n) is 2.92. The first-order chi connectivity index (χ1) is 10.1. The van der Waals surface area contributed by atoms with Crippen molar-refractivity contribution in [3.05, 3.63) is 29.3 Å². The van der Waals surface area contributed by atoms with Gasteiger partial charge in [0.15, 0.2) is 0 Å². The maximum absolute atomic E-state index is 12.2. The zero-order chi connectivity index (χ0) is 15.4. The van der Waals surface area contributed by atoms with Gasteiger partial charge >= 0.3 is 5.97 Å². The number of benzene rings is 1. The van der Waals surface area contributed by atoms with Crippen molar-refractivity contribution in [2.75, 3.05) is 18.1 Å². The van der Waals surface area contributed by atoms with Crippen LogP contribution in [0, 0.1) is 6.92 Å². The number of esters is 1. The molecule has 2 rings (SSSR count). The van der Waals surface area contributed by atoms with Crippen LogP contribution in [0.2, 0.25) is 0 Å². The van der Waals surface area contributed by atoms with Crippen molar-refractivity contribution in [3.8, 4) is 0 Å². The summed E-state index contributed by atoms with van der Waals surface area (Å²) in [4.78, 5) is 14.7. The van der Waals surface area contributed by atoms with Gasteiger partial charge in [-0.3, -0.25) is 0 Å². The summed E-state index contributed by atoms with van der Waals surface area (Å²) in [7, 11) is 0. The van der Waals surface area contributed by atoms with E-state index in [1.165, 1.54) is 0 Å². The Kier molecular flexibility index (Phi) is 5.17. The van der Waals surface area contributed by atoms with Gasteiger partial charge in [-0.2, -0.15) is 0 Å². The minimum Gasteiger partial charge on any atom is -0.464 e. The molecule has 0 bridgehead atoms. The smallest absolute Gasteiger partial charge is 0.328 e. The molecule has 0 radical (unpaired) electrons. The quantitative estimate of drug-likeness (QED) is 0.684. The first kappa shape index (κ1) is 15.8. The second kappa shape index (κ2) is 6.89. The Hall–Kier alpha value is -1.62. The molecular weight excluding hydrogens is 284 g/mol. The molecule has 1 aliphatic rings. The monoisotopic (exact) mass is 306 g/mol. The normalized spacial score (nSPS) is 18.4. The third-order valence-electron chi connectivity index (χ3n) is 3.85. The maximum Gasteiger partial charge on any atom is 0.328 e. The van der Waals surface area contributed by atoms with Gasteiger partial charge in [0.2, 0.25) is 0 Å². The van der Waals surface area contributed by atoms with E-state index in [1.54, 1.807) is 0 Å². The zero-order valence-corrected chi connectivity index (χ0v) is 13.4. The zero-order valence-electron chi connectivity index (χ0n) is 12.6. The Morgan fingerprint density at radius 2 is 2.24 bits per heavy atom. The molecule has 1 aliphatic heterocycles. The molecule has 1 atom stereocenters. The molecule has 1 saturated heterocycles. The number of carbonyl (C=O) groups excluding carboxylic acids is 1. The third kappa shape index (κ3) is 3.35. The first-order valence-electron chi connectivity index (χ1n) is 7.39. The number of rotatable bonds is 4. The molecule has 1 aromatic rings. The summed E-state index contributed by atoms with van der Waals surface area (Å²) in [6, 6.07) is 5.64. The van der Waals surface area contributed by atoms with E-state index in [2.05, 4.69) is 4.90 Å². The minimum absolute atomic E-state index is 0.158. The predicted octanol–water partition coefficient (Wildman–Crippen LogP) is 2.55. The Morgan fingerprint density at radius 1 is 1.48 bits per heavy atom. The minimum atomic E-state index is -0.243. The van der Waals surface area contributed by atoms with E-state index in [1.807, 2.05) is 32.0 Å². The number of nitrogens with two attached hydrogens (primary N) is 1. The van der Waals surface area contributed by atoms with Gasteiger partial charge in [-0.05, 0) is 44.7 Å². The van der Waals surface area contributed by atoms with E-state index >= 15 is 0 Å². The number of carbonyl (C=O) groups is 1. The number of aryl methyl sites for hydroxylation is 1. The van der Waals surface area contributed by atoms with Gasteiger partial charge in [-0.25, -0.2) is 4.79 Å². The van der Waals surface area contributed by atoms with Crippen LogP contribution in [0.25, 0.3) is 0 Å². The van der Waals surface area contributed by atoms with Crippen LogP contribution < -0.4 is 10.6 Å². The summed E-state index contributed by atoms with van der Waals surface area (Å²) in [5, 5.41) is 0. The number of hydrogen-bond donors (Lipinski definition) is 1. The number of nitrogens with zero attached hydrogens (tertiary/aromatic N) is 1. The molecule has 4 nitrogen and oxygen atoms in total. The number of thiocarbonyl (C=S) groups is 1. The van der Waals surface area contributed by atoms with Gasteiger partial charge in [0, 0.05) is 12.1 Å². The van der Waals surface area contributed by atoms with E-state index in [0.717, 1.165) is 42.6 Å². The lowest BCUT2D eigenvalue weighted by molar-refractivity contribution is -0.145. The van der Waals surface area contributed by atoms with Gasteiger partial charge in [0.1, 0.15) is 11.0 Å². The first-order valence-corrected chi connectivity index (χ1v) is 7.79. The molecule has 0 aliphatic carbocycles. The number of hydrogen-bond acceptors (Lipinski definition) is 4. The predicted molar refractivity (Wildman–Crippen MR) is 88.7 cm³/mol. The second-order valence-corrected chi connectivity index (χ2v) is 5.73. The van der Waals surface area contributed by atoms with Gasteiger partial charge in [-0.1, -0.05) is 24.4 Å². The molecule has 1 fully saturated rings. The average molecular weight is 306 g/mol. The van der Waals surface area contributed by atoms with Crippen molar-refractivity contribution in [2.24, 2.45) is 5.73 Å². The molecule has 0 aromatic heterocycles. The molecule has 1 aromatic carbocycles. The van der Waals surface area contributed by atoms with Crippen LogP contribution in [-0.4, -0.2) is 30.2 Å². The summed E-state index contributed by atoms with van der Waals surface area (Å²) in [5.41, 5.74) is 8.75. The lowest BCUT2D eigenvalue weighted by Crippen LogP contribution is -2.46. The lowest BCUT2D eigenvalue weighted by Gasteiger charge is -2.37. The molecule has 1 heterocycles. The van der Waals surface area contributed by atoms with Crippen molar-refractivity contribution < 1.29 is 9.53 Å². The van der Waals surface area contributed by atoms with E-state index < -0.39 is 0 Å². The van der Waals surface area contributed by atoms with E-state index in [0.29, 0.717) is 11.6 Å². The van der Waals surface area contributed by atoms with E-state index in [9.17, 15) is 4.79 Å². The third-order valence-corrected chi connectivity index (χ3v) is 4.07. The number of ether oxygens (including phenoxy) is 1. The van der Waals surface area contributed by atoms with Gasteiger partial charge in [-0.15, -0.1) is 0 Å². The molecule has 0 amide bonds. The molecule has 5 heteroatoms. The molecule has 0 saturated carbocycles. The highest BCUT2D eigenvalue weighted by Crippen LogP contribution is 2.31. The van der Waals surface area contributed by atoms with Crippen molar-refractivity contribution in [2.45, 2.75) is 39.2 Å². The molecule has 1 unspecified atom stereocenters. The maximum atomic E-state index is 12.2. The van der Waals surface area contributed by atoms with Crippen molar-refractivity contribution in [3.63, 3.8) is 0 Å². The lowest BCUT2D eigenvalue weighted by atomic mass is 9.97. The average Bonchev–Trinajstić information content (AvgIpc) is 2.47. The summed E-state index contributed by atoms with van der Waals surface area (Å²) < 4.78 is 5.23. The highest BCUT2D eigenvalue weighted by Gasteiger charge is 2.32. The Bertz CT molecular complexity index is 545. The van der Waals surface area contributed by atoms with Crippen LogP contribution in [0.1, 0.15) is 37.3 Å². The van der Waals surface area contributed by atoms with Crippen LogP contribution in [0.3, 0.4) is 0 Å². The van der Waals surface area contributed by atoms with Crippen LogP contribution in [0.15, 0.2) is 18.2 Å². The summed E-state index contributed by atoms with van der Waals surface area (Å²) >= 11 is 5.17. The van der Waals surface area contributed by atoms with Crippen LogP contribution in [0.4, 0.5) is 5.69 Å². The topological polar surface area (TPSA) is 55.6 Å². The molecule has 0 spiro atoms. The van der Waals surface area contributed by atoms with Crippen molar-refractivity contribution in [1.29, 1.82) is 0 Å². The molecule has 2 N–H and O–H groups in total. The fraction of sp³-hybridized carbons (Fsp3) is 0.500. The molecule has 21 heavy (non-hydrogen) atoms. The van der Waals surface area contributed by atoms with Crippen LogP contribution >= 0.6 is 12.2 Å². The highest BCUT2D eigenvalue weighted by atomic mass is 32.1. The van der Waals surface area contributed by atoms with Gasteiger partial charge < -0.3 is 15.4 Å². The Balaban J connectivity index is 2.42. The van der Waals surface area contributed by atoms with Crippen LogP contribution in [-0.2, 0) is 9.53 Å². The number of anilines is 1. The van der Waals surface area contributed by atoms with Crippen molar-refractivity contribution in [1.82, 2.24) is 0 Å². The van der Waals surface area contributed by atoms with Gasteiger partial charge in [0.05, 0.1) is 12.3 Å². The van der Waals surface area contributed by atoms with Gasteiger partial charge in [0.25, 0.3) is 0 Å². The van der Waals surface area contributed by atoms with Crippen molar-refractivity contribution >= 4 is 28.9 Å². The van der Waals surface area contributed by atoms with Crippen LogP contribution in [0.5, 0.6) is 0 Å². The standard InChI is InChI=1S/C16H22N2O2S/c1-3-20-16(19)13-9-4-5-10-18(13)14-11(2)7-6-8-12(14)15(17)21/h6-8,13H,3-5,9-10H2,1-2H3,(H2,17,21). The summed E-state index contributed by atoms with van der Waals surface area (Å²) in [6.45, 7) is 5.08. The van der Waals surface area contributed by atoms with E-state index in [4.69, 9.17) is 22.7 Å². The molecular formula is C16H22N2O2S. The Morgan fingerprint density at radius 3 is 2.90 bits per heavy atom. The highest BCUT2D eigenvalue weighted by molar-refractivity contribution is 7.80. The largest absolute Gasteiger partial charge is 0.464 e.